The third-order valence-electron chi connectivity index (χ3n) is 6.81. The van der Waals surface area contributed by atoms with E-state index in [4.69, 9.17) is 5.21 Å². The summed E-state index contributed by atoms with van der Waals surface area (Å²) >= 11 is 0. The minimum atomic E-state index is -0.753. The molecule has 0 aromatic heterocycles. The Kier molecular flexibility index (Phi) is 8.50. The van der Waals surface area contributed by atoms with Crippen molar-refractivity contribution in [2.75, 3.05) is 10.4 Å². The van der Waals surface area contributed by atoms with Crippen LogP contribution >= 0.6 is 0 Å². The van der Waals surface area contributed by atoms with E-state index in [0.29, 0.717) is 10.4 Å². The average Bonchev–Trinajstić information content (AvgIpc) is 3.34. The summed E-state index contributed by atoms with van der Waals surface area (Å²) in [6.45, 7) is 3.21. The highest BCUT2D eigenvalue weighted by molar-refractivity contribution is 6.34. The van der Waals surface area contributed by atoms with E-state index in [1.54, 1.807) is 0 Å². The van der Waals surface area contributed by atoms with Crippen molar-refractivity contribution in [3.8, 4) is 0 Å². The number of imide groups is 1. The van der Waals surface area contributed by atoms with Crippen molar-refractivity contribution < 1.29 is 38.7 Å². The van der Waals surface area contributed by atoms with Crippen LogP contribution in [-0.4, -0.2) is 52.1 Å². The largest absolute Gasteiger partial charge is 0.619 e. The van der Waals surface area contributed by atoms with E-state index >= 15 is 0 Å². The zero-order valence-corrected chi connectivity index (χ0v) is 23.6. The van der Waals surface area contributed by atoms with Gasteiger partial charge in [0.15, 0.2) is 0 Å². The van der Waals surface area contributed by atoms with Crippen molar-refractivity contribution in [3.05, 3.63) is 130 Å². The number of nitrogens with zero attached hydrogens (tertiary/aromatic N) is 2. The van der Waals surface area contributed by atoms with Gasteiger partial charge in [-0.15, -0.1) is 0 Å². The minimum absolute atomic E-state index is 0.00785. The number of nitrogens with one attached hydrogen (secondary N) is 5. The predicted octanol–water partition coefficient (Wildman–Crippen LogP) is 2.28. The highest BCUT2D eigenvalue weighted by Crippen LogP contribution is 2.29. The molecule has 4 aromatic rings. The summed E-state index contributed by atoms with van der Waals surface area (Å²) in [4.78, 5) is 77.0. The summed E-state index contributed by atoms with van der Waals surface area (Å²) < 4.78 is 0.379. The van der Waals surface area contributed by atoms with Crippen molar-refractivity contribution in [3.63, 3.8) is 0 Å². The number of hydrogen-bond acceptors (Lipinski definition) is 9. The second kappa shape index (κ2) is 12.8. The van der Waals surface area contributed by atoms with Crippen molar-refractivity contribution in [1.82, 2.24) is 21.7 Å². The molecule has 0 bridgehead atoms. The Balaban J connectivity index is 1.20. The van der Waals surface area contributed by atoms with Gasteiger partial charge in [-0.1, -0.05) is 0 Å². The average molecular weight is 622 g/mol. The molecular weight excluding hydrogens is 598 g/mol. The molecule has 1 aliphatic heterocycles. The van der Waals surface area contributed by atoms with E-state index in [1.807, 2.05) is 5.48 Å². The summed E-state index contributed by atoms with van der Waals surface area (Å²) in [5.74, 6) is -4.03. The molecule has 0 aliphatic carbocycles. The van der Waals surface area contributed by atoms with Crippen LogP contribution < -0.4 is 32.1 Å². The first-order valence-corrected chi connectivity index (χ1v) is 13.3. The first-order chi connectivity index (χ1) is 22.1. The quantitative estimate of drug-likeness (QED) is 0.0586. The first kappa shape index (κ1) is 30.6. The van der Waals surface area contributed by atoms with E-state index in [-0.39, 0.29) is 44.8 Å². The molecule has 0 fully saturated rings. The maximum atomic E-state index is 13.2. The highest BCUT2D eigenvalue weighted by Gasteiger charge is 2.37. The number of carbonyl (C=O) groups is 6. The fourth-order valence-electron chi connectivity index (χ4n) is 4.37. The second-order valence-electron chi connectivity index (χ2n) is 9.68. The summed E-state index contributed by atoms with van der Waals surface area (Å²) in [7, 11) is 0. The van der Waals surface area contributed by atoms with Gasteiger partial charge < -0.3 is 5.21 Å². The highest BCUT2D eigenvalue weighted by atomic mass is 16.5. The number of rotatable bonds is 7. The van der Waals surface area contributed by atoms with Crippen LogP contribution in [0.3, 0.4) is 0 Å². The van der Waals surface area contributed by atoms with Crippen molar-refractivity contribution in [2.24, 2.45) is 0 Å². The van der Waals surface area contributed by atoms with Crippen molar-refractivity contribution in [1.29, 1.82) is 0 Å². The fraction of sp³-hybridized carbons (Fsp3) is 0. The zero-order valence-electron chi connectivity index (χ0n) is 23.6. The molecule has 6 N–H and O–H groups in total. The zero-order chi connectivity index (χ0) is 33.0. The van der Waals surface area contributed by atoms with E-state index in [9.17, 15) is 34.0 Å². The third-order valence-corrected chi connectivity index (χ3v) is 6.81. The van der Waals surface area contributed by atoms with E-state index in [1.165, 1.54) is 91.0 Å². The molecule has 4 aromatic carbocycles. The molecule has 0 unspecified atom stereocenters. The molecule has 15 nitrogen and oxygen atoms in total. The molecule has 15 heteroatoms. The van der Waals surface area contributed by atoms with Crippen LogP contribution in [-0.2, 0) is 0 Å². The molecule has 6 amide bonds. The summed E-state index contributed by atoms with van der Waals surface area (Å²) in [6.07, 6.45) is 0. The SMILES string of the molecule is C=[N+]([O-])c1ccc(C(=O)NNC(=O)c2ccc3c(c2)C(=O)N(c2ccc(C(=O)NNC(=O)c4ccc(NO)cc4)cc2)C3=O)cc1. The van der Waals surface area contributed by atoms with Crippen LogP contribution in [0.25, 0.3) is 0 Å². The lowest BCUT2D eigenvalue weighted by Gasteiger charge is -2.14. The number of anilines is 2. The lowest BCUT2D eigenvalue weighted by Crippen LogP contribution is -2.41. The van der Waals surface area contributed by atoms with Gasteiger partial charge in [0.05, 0.1) is 22.5 Å². The smallest absolute Gasteiger partial charge is 0.269 e. The molecule has 230 valence electrons. The van der Waals surface area contributed by atoms with Gasteiger partial charge in [0.25, 0.3) is 35.4 Å². The van der Waals surface area contributed by atoms with Crippen LogP contribution in [0.4, 0.5) is 17.1 Å². The number of carbonyl (C=O) groups excluding carboxylic acids is 6. The Labute approximate surface area is 259 Å². The molecule has 46 heavy (non-hydrogen) atoms. The number of hydrazine groups is 2. The molecule has 1 heterocycles. The molecule has 0 saturated carbocycles. The molecule has 1 aliphatic rings. The van der Waals surface area contributed by atoms with Gasteiger partial charge in [0.1, 0.15) is 6.72 Å². The monoisotopic (exact) mass is 621 g/mol. The molecular formula is C31H23N7O8. The normalized spacial score (nSPS) is 11.7. The molecule has 0 spiro atoms. The van der Waals surface area contributed by atoms with Crippen LogP contribution in [0.1, 0.15) is 62.1 Å². The standard InChI is InChI=1S/C31H23N7O8/c1-37(46)22-11-4-18(5-12-22)27(40)34-35-29(42)20-8-15-24-25(16-20)31(44)38(30(24)43)23-13-6-19(7-14-23)28(41)33-32-26(39)17-2-9-21(36-45)10-3-17/h2-16,36,45H,1H2,(H,32,39)(H,33,41)(H,34,40)(H,35,42). The Morgan fingerprint density at radius 3 is 1.50 bits per heavy atom. The van der Waals surface area contributed by atoms with E-state index in [2.05, 4.69) is 28.4 Å². The number of benzene rings is 4. The van der Waals surface area contributed by atoms with Crippen LogP contribution in [0.2, 0.25) is 0 Å². The Bertz CT molecular complexity index is 1910. The lowest BCUT2D eigenvalue weighted by molar-refractivity contribution is -0.349. The van der Waals surface area contributed by atoms with Gasteiger partial charge in [-0.05, 0) is 78.9 Å². The number of fused-ring (bicyclic) bond motifs is 1. The molecule has 5 rings (SSSR count). The van der Waals surface area contributed by atoms with Crippen LogP contribution in [0, 0.1) is 5.21 Å². The predicted molar refractivity (Wildman–Crippen MR) is 163 cm³/mol. The second-order valence-corrected chi connectivity index (χ2v) is 9.68. The lowest BCUT2D eigenvalue weighted by atomic mass is 10.1. The number of amides is 6. The maximum absolute atomic E-state index is 13.2. The van der Waals surface area contributed by atoms with Crippen LogP contribution in [0.15, 0.2) is 91.0 Å². The van der Waals surface area contributed by atoms with Gasteiger partial charge in [-0.3, -0.25) is 61.2 Å². The van der Waals surface area contributed by atoms with Gasteiger partial charge >= 0.3 is 0 Å². The maximum Gasteiger partial charge on any atom is 0.269 e. The summed E-state index contributed by atoms with van der Waals surface area (Å²) in [6, 6.07) is 20.6. The van der Waals surface area contributed by atoms with Gasteiger partial charge in [0, 0.05) is 34.4 Å². The van der Waals surface area contributed by atoms with Gasteiger partial charge in [0.2, 0.25) is 5.69 Å². The van der Waals surface area contributed by atoms with Gasteiger partial charge in [-0.2, -0.15) is 4.74 Å². The summed E-state index contributed by atoms with van der Waals surface area (Å²) in [5.41, 5.74) is 12.2. The third kappa shape index (κ3) is 6.24. The minimum Gasteiger partial charge on any atom is -0.619 e. The Morgan fingerprint density at radius 1 is 0.609 bits per heavy atom. The number of hydrogen-bond donors (Lipinski definition) is 6. The fourth-order valence-corrected chi connectivity index (χ4v) is 4.37. The molecule has 0 radical (unpaired) electrons. The summed E-state index contributed by atoms with van der Waals surface area (Å²) in [5, 5.41) is 20.1. The first-order valence-electron chi connectivity index (χ1n) is 13.3. The molecule has 0 atom stereocenters. The van der Waals surface area contributed by atoms with E-state index in [0.717, 1.165) is 4.90 Å². The van der Waals surface area contributed by atoms with E-state index < -0.39 is 35.4 Å². The molecule has 0 saturated heterocycles. The van der Waals surface area contributed by atoms with Crippen molar-refractivity contribution >= 4 is 59.2 Å². The van der Waals surface area contributed by atoms with Gasteiger partial charge in [-0.25, -0.2) is 4.90 Å². The topological polar surface area (TPSA) is 212 Å². The van der Waals surface area contributed by atoms with Crippen molar-refractivity contribution in [2.45, 2.75) is 0 Å². The Hall–Kier alpha value is -6.87. The Morgan fingerprint density at radius 2 is 1.02 bits per heavy atom. The van der Waals surface area contributed by atoms with Crippen LogP contribution in [0.5, 0.6) is 0 Å².